The number of thiophene rings is 1. The van der Waals surface area contributed by atoms with Gasteiger partial charge >= 0.3 is 11.9 Å². The van der Waals surface area contributed by atoms with Crippen LogP contribution in [0.25, 0.3) is 10.2 Å². The third-order valence-electron chi connectivity index (χ3n) is 3.55. The highest BCUT2D eigenvalue weighted by Gasteiger charge is 2.23. The van der Waals surface area contributed by atoms with E-state index in [0.29, 0.717) is 16.0 Å². The molecule has 0 aromatic carbocycles. The maximum atomic E-state index is 12.0. The molecule has 0 N–H and O–H groups in total. The molecule has 7 nitrogen and oxygen atoms in total. The van der Waals surface area contributed by atoms with Gasteiger partial charge < -0.3 is 19.1 Å². The number of pyridine rings is 1. The zero-order chi connectivity index (χ0) is 17.7. The van der Waals surface area contributed by atoms with Gasteiger partial charge in [0.15, 0.2) is 17.2 Å². The number of methoxy groups -OCH3 is 2. The van der Waals surface area contributed by atoms with Gasteiger partial charge in [0, 0.05) is 13.1 Å². The van der Waals surface area contributed by atoms with Crippen molar-refractivity contribution in [3.8, 4) is 5.75 Å². The van der Waals surface area contributed by atoms with Crippen LogP contribution >= 0.6 is 11.3 Å². The molecule has 0 atom stereocenters. The van der Waals surface area contributed by atoms with Crippen LogP contribution < -0.4 is 9.64 Å². The number of anilines is 1. The van der Waals surface area contributed by atoms with Crippen LogP contribution in [-0.4, -0.2) is 50.8 Å². The third-order valence-corrected chi connectivity index (χ3v) is 4.62. The van der Waals surface area contributed by atoms with Crippen LogP contribution in [0.2, 0.25) is 0 Å². The number of nitrogens with zero attached hydrogens (tertiary/aromatic N) is 2. The highest BCUT2D eigenvalue weighted by atomic mass is 32.1. The molecule has 0 amide bonds. The first-order valence-corrected chi connectivity index (χ1v) is 8.32. The number of fused-ring (bicyclic) bond motifs is 1. The lowest BCUT2D eigenvalue weighted by Crippen LogP contribution is -2.21. The van der Waals surface area contributed by atoms with Crippen molar-refractivity contribution in [3.05, 3.63) is 17.1 Å². The lowest BCUT2D eigenvalue weighted by Gasteiger charge is -2.20. The number of carbonyl (C=O) groups is 2. The minimum absolute atomic E-state index is 0.278. The Kier molecular flexibility index (Phi) is 5.97. The van der Waals surface area contributed by atoms with Crippen molar-refractivity contribution in [1.29, 1.82) is 0 Å². The Morgan fingerprint density at radius 3 is 2.50 bits per heavy atom. The number of hydrogen-bond donors (Lipinski definition) is 0. The Hall–Kier alpha value is -2.35. The number of ether oxygens (including phenoxy) is 3. The monoisotopic (exact) mass is 352 g/mol. The second-order valence-electron chi connectivity index (χ2n) is 4.84. The Morgan fingerprint density at radius 2 is 1.92 bits per heavy atom. The van der Waals surface area contributed by atoms with Gasteiger partial charge in [0.05, 0.1) is 31.5 Å². The van der Waals surface area contributed by atoms with Crippen LogP contribution in [0.1, 0.15) is 23.5 Å². The van der Waals surface area contributed by atoms with Crippen molar-refractivity contribution in [2.24, 2.45) is 0 Å². The van der Waals surface area contributed by atoms with Crippen LogP contribution in [0, 0.1) is 0 Å². The molecule has 2 rings (SSSR count). The molecule has 24 heavy (non-hydrogen) atoms. The van der Waals surface area contributed by atoms with E-state index in [1.807, 2.05) is 6.07 Å². The molecule has 0 aliphatic rings. The van der Waals surface area contributed by atoms with E-state index in [1.165, 1.54) is 25.6 Å². The van der Waals surface area contributed by atoms with E-state index in [4.69, 9.17) is 9.47 Å². The van der Waals surface area contributed by atoms with Gasteiger partial charge in [-0.1, -0.05) is 0 Å². The molecule has 2 aromatic rings. The minimum atomic E-state index is -0.530. The summed E-state index contributed by atoms with van der Waals surface area (Å²) in [7, 11) is 2.57. The van der Waals surface area contributed by atoms with Crippen molar-refractivity contribution in [2.45, 2.75) is 13.8 Å². The SMILES string of the molecule is CCN(CC)c1cnc2sc(C(=O)OC)c(OCC(=O)OC)c2c1. The zero-order valence-electron chi connectivity index (χ0n) is 14.1. The van der Waals surface area contributed by atoms with Crippen LogP contribution in [0.3, 0.4) is 0 Å². The maximum Gasteiger partial charge on any atom is 0.351 e. The Bertz CT molecular complexity index is 739. The zero-order valence-corrected chi connectivity index (χ0v) is 14.9. The summed E-state index contributed by atoms with van der Waals surface area (Å²) in [6.07, 6.45) is 1.76. The summed E-state index contributed by atoms with van der Waals surface area (Å²) in [4.78, 5) is 30.9. The fourth-order valence-corrected chi connectivity index (χ4v) is 3.26. The van der Waals surface area contributed by atoms with Gasteiger partial charge in [-0.3, -0.25) is 0 Å². The van der Waals surface area contributed by atoms with Crippen molar-refractivity contribution in [3.63, 3.8) is 0 Å². The molecule has 0 bridgehead atoms. The first-order chi connectivity index (χ1) is 11.5. The topological polar surface area (TPSA) is 78.0 Å². The summed E-state index contributed by atoms with van der Waals surface area (Å²) in [6, 6.07) is 1.91. The van der Waals surface area contributed by atoms with Gasteiger partial charge in [0.1, 0.15) is 4.83 Å². The largest absolute Gasteiger partial charge is 0.479 e. The van der Waals surface area contributed by atoms with E-state index in [9.17, 15) is 9.59 Å². The predicted octanol–water partition coefficient (Wildman–Crippen LogP) is 2.48. The highest BCUT2D eigenvalue weighted by molar-refractivity contribution is 7.20. The van der Waals surface area contributed by atoms with Crippen molar-refractivity contribution in [1.82, 2.24) is 4.98 Å². The number of esters is 2. The molecule has 0 saturated heterocycles. The molecule has 2 heterocycles. The summed E-state index contributed by atoms with van der Waals surface area (Å²) in [5, 5.41) is 0.675. The van der Waals surface area contributed by atoms with Crippen molar-refractivity contribution < 1.29 is 23.8 Å². The average molecular weight is 352 g/mol. The van der Waals surface area contributed by atoms with E-state index in [2.05, 4.69) is 28.5 Å². The highest BCUT2D eigenvalue weighted by Crippen LogP contribution is 2.39. The van der Waals surface area contributed by atoms with Crippen LogP contribution in [0.5, 0.6) is 5.75 Å². The number of rotatable bonds is 7. The van der Waals surface area contributed by atoms with E-state index in [0.717, 1.165) is 18.8 Å². The summed E-state index contributed by atoms with van der Waals surface area (Å²) in [5.74, 6) is -0.756. The van der Waals surface area contributed by atoms with E-state index < -0.39 is 11.9 Å². The van der Waals surface area contributed by atoms with Crippen molar-refractivity contribution >= 4 is 39.2 Å². The van der Waals surface area contributed by atoms with E-state index in [1.54, 1.807) is 6.20 Å². The minimum Gasteiger partial charge on any atom is -0.479 e. The summed E-state index contributed by atoms with van der Waals surface area (Å²) in [5.41, 5.74) is 0.921. The van der Waals surface area contributed by atoms with Gasteiger partial charge in [-0.2, -0.15) is 0 Å². The van der Waals surface area contributed by atoms with Crippen LogP contribution in [-0.2, 0) is 14.3 Å². The van der Waals surface area contributed by atoms with E-state index in [-0.39, 0.29) is 11.5 Å². The number of aromatic nitrogens is 1. The molecule has 130 valence electrons. The van der Waals surface area contributed by atoms with Gasteiger partial charge in [-0.25, -0.2) is 14.6 Å². The molecule has 0 aliphatic heterocycles. The van der Waals surface area contributed by atoms with Crippen LogP contribution in [0.4, 0.5) is 5.69 Å². The third kappa shape index (κ3) is 3.59. The van der Waals surface area contributed by atoms with Gasteiger partial charge in [-0.05, 0) is 19.9 Å². The summed E-state index contributed by atoms with van der Waals surface area (Å²) in [6.45, 7) is 5.47. The second kappa shape index (κ2) is 7.96. The van der Waals surface area contributed by atoms with Gasteiger partial charge in [0.25, 0.3) is 0 Å². The van der Waals surface area contributed by atoms with Crippen LogP contribution in [0.15, 0.2) is 12.3 Å². The van der Waals surface area contributed by atoms with Crippen molar-refractivity contribution in [2.75, 3.05) is 38.8 Å². The molecule has 0 fully saturated rings. The number of carbonyl (C=O) groups excluding carboxylic acids is 2. The molecule has 2 aromatic heterocycles. The summed E-state index contributed by atoms with van der Waals surface area (Å²) < 4.78 is 14.9. The predicted molar refractivity (Wildman–Crippen MR) is 92.0 cm³/mol. The molecule has 0 unspecified atom stereocenters. The fraction of sp³-hybridized carbons (Fsp3) is 0.438. The molecule has 0 aliphatic carbocycles. The maximum absolute atomic E-state index is 12.0. The Labute approximate surface area is 144 Å². The quantitative estimate of drug-likeness (QED) is 0.708. The molecular weight excluding hydrogens is 332 g/mol. The first kappa shape index (κ1) is 18.0. The van der Waals surface area contributed by atoms with Gasteiger partial charge in [-0.15, -0.1) is 11.3 Å². The number of hydrogen-bond acceptors (Lipinski definition) is 8. The molecule has 0 spiro atoms. The molecular formula is C16H20N2O5S. The van der Waals surface area contributed by atoms with Gasteiger partial charge in [0.2, 0.25) is 0 Å². The second-order valence-corrected chi connectivity index (χ2v) is 5.83. The first-order valence-electron chi connectivity index (χ1n) is 7.51. The normalized spacial score (nSPS) is 10.5. The lowest BCUT2D eigenvalue weighted by atomic mass is 10.2. The Morgan fingerprint density at radius 1 is 1.21 bits per heavy atom. The average Bonchev–Trinajstić information content (AvgIpc) is 2.98. The standard InChI is InChI=1S/C16H20N2O5S/c1-5-18(6-2)10-7-11-13(23-9-12(19)21-3)14(16(20)22-4)24-15(11)17-8-10/h7-8H,5-6,9H2,1-4H3. The summed E-state index contributed by atoms with van der Waals surface area (Å²) >= 11 is 1.17. The molecule has 0 saturated carbocycles. The smallest absolute Gasteiger partial charge is 0.351 e. The van der Waals surface area contributed by atoms with E-state index >= 15 is 0 Å². The molecule has 8 heteroatoms. The fourth-order valence-electron chi connectivity index (χ4n) is 2.27. The molecule has 0 radical (unpaired) electrons. The lowest BCUT2D eigenvalue weighted by molar-refractivity contribution is -0.142. The Balaban J connectivity index is 2.52.